The van der Waals surface area contributed by atoms with Gasteiger partial charge in [-0.1, -0.05) is 54.6 Å². The summed E-state index contributed by atoms with van der Waals surface area (Å²) in [5.74, 6) is 0.700. The smallest absolute Gasteiger partial charge is 0.216 e. The van der Waals surface area contributed by atoms with Crippen LogP contribution in [0.2, 0.25) is 0 Å². The van der Waals surface area contributed by atoms with Gasteiger partial charge in [0, 0.05) is 26.2 Å². The Kier molecular flexibility index (Phi) is 7.82. The number of benzene rings is 2. The van der Waals surface area contributed by atoms with E-state index in [4.69, 9.17) is 0 Å². The van der Waals surface area contributed by atoms with Crippen molar-refractivity contribution in [1.29, 1.82) is 0 Å². The second-order valence-electron chi connectivity index (χ2n) is 6.61. The van der Waals surface area contributed by atoms with E-state index in [0.29, 0.717) is 19.0 Å². The van der Waals surface area contributed by atoms with Crippen LogP contribution in [-0.2, 0) is 28.9 Å². The highest BCUT2D eigenvalue weighted by Crippen LogP contribution is 2.08. The molecule has 0 aliphatic carbocycles. The molecule has 0 heterocycles. The molecule has 0 aliphatic rings. The van der Waals surface area contributed by atoms with Crippen molar-refractivity contribution in [1.82, 2.24) is 15.4 Å². The first kappa shape index (κ1) is 20.9. The van der Waals surface area contributed by atoms with Gasteiger partial charge in [-0.2, -0.15) is 0 Å². The normalized spacial score (nSPS) is 12.2. The third-order valence-corrected chi connectivity index (χ3v) is 5.33. The zero-order chi connectivity index (χ0) is 19.7. The molecule has 0 bridgehead atoms. The zero-order valence-corrected chi connectivity index (χ0v) is 16.9. The number of hydrogen-bond donors (Lipinski definition) is 3. The van der Waals surface area contributed by atoms with Crippen molar-refractivity contribution in [3.63, 3.8) is 0 Å². The van der Waals surface area contributed by atoms with Crippen LogP contribution in [0.3, 0.4) is 0 Å². The fourth-order valence-corrected chi connectivity index (χ4v) is 3.99. The first-order chi connectivity index (χ1) is 12.9. The van der Waals surface area contributed by atoms with E-state index in [2.05, 4.69) is 32.5 Å². The Hall–Kier alpha value is -2.38. The molecule has 6 nitrogen and oxygen atoms in total. The molecule has 2 aromatic carbocycles. The molecule has 0 radical (unpaired) electrons. The predicted molar refractivity (Wildman–Crippen MR) is 111 cm³/mol. The summed E-state index contributed by atoms with van der Waals surface area (Å²) in [6, 6.07) is 17.6. The Morgan fingerprint density at radius 1 is 0.889 bits per heavy atom. The van der Waals surface area contributed by atoms with Crippen molar-refractivity contribution in [2.24, 2.45) is 4.99 Å². The Morgan fingerprint density at radius 3 is 1.93 bits per heavy atom. The standard InChI is InChI=1S/C20H28N4O2S/c1-16(2)24-27(25,26)15-19-11-9-18(10-12-19)14-23-20(21-3)22-13-17-7-5-4-6-8-17/h4-12,16,24H,13-15H2,1-3H3,(H2,21,22,23). The van der Waals surface area contributed by atoms with Crippen LogP contribution >= 0.6 is 0 Å². The van der Waals surface area contributed by atoms with Crippen LogP contribution in [0.1, 0.15) is 30.5 Å². The molecule has 0 amide bonds. The average Bonchev–Trinajstić information content (AvgIpc) is 2.62. The van der Waals surface area contributed by atoms with Crippen molar-refractivity contribution < 1.29 is 8.42 Å². The molecule has 0 aromatic heterocycles. The molecule has 0 unspecified atom stereocenters. The molecule has 27 heavy (non-hydrogen) atoms. The molecule has 0 atom stereocenters. The van der Waals surface area contributed by atoms with Gasteiger partial charge >= 0.3 is 0 Å². The number of nitrogens with zero attached hydrogens (tertiary/aromatic N) is 1. The summed E-state index contributed by atoms with van der Waals surface area (Å²) in [5.41, 5.74) is 3.00. The minimum Gasteiger partial charge on any atom is -0.352 e. The lowest BCUT2D eigenvalue weighted by molar-refractivity contribution is 0.569. The number of guanidine groups is 1. The third-order valence-electron chi connectivity index (χ3n) is 3.78. The molecule has 7 heteroatoms. The van der Waals surface area contributed by atoms with E-state index in [1.54, 1.807) is 7.05 Å². The fraction of sp³-hybridized carbons (Fsp3) is 0.350. The van der Waals surface area contributed by atoms with Crippen molar-refractivity contribution in [3.8, 4) is 0 Å². The predicted octanol–water partition coefficient (Wildman–Crippen LogP) is 2.38. The van der Waals surface area contributed by atoms with Crippen LogP contribution in [0.5, 0.6) is 0 Å². The Labute approximate surface area is 162 Å². The van der Waals surface area contributed by atoms with Crippen LogP contribution in [-0.4, -0.2) is 27.5 Å². The molecule has 0 saturated carbocycles. The number of rotatable bonds is 8. The second kappa shape index (κ2) is 10.1. The summed E-state index contributed by atoms with van der Waals surface area (Å²) in [5, 5.41) is 6.53. The molecule has 2 rings (SSSR count). The molecule has 146 valence electrons. The third kappa shape index (κ3) is 7.80. The summed E-state index contributed by atoms with van der Waals surface area (Å²) >= 11 is 0. The van der Waals surface area contributed by atoms with Gasteiger partial charge in [0.05, 0.1) is 5.75 Å². The van der Waals surface area contributed by atoms with Gasteiger partial charge in [-0.15, -0.1) is 0 Å². The number of sulfonamides is 1. The minimum absolute atomic E-state index is 0.0147. The molecule has 3 N–H and O–H groups in total. The SMILES string of the molecule is CN=C(NCc1ccccc1)NCc1ccc(CS(=O)(=O)NC(C)C)cc1. The lowest BCUT2D eigenvalue weighted by Crippen LogP contribution is -2.36. The van der Waals surface area contributed by atoms with E-state index in [9.17, 15) is 8.42 Å². The van der Waals surface area contributed by atoms with Crippen molar-refractivity contribution >= 4 is 16.0 Å². The molecule has 2 aromatic rings. The van der Waals surface area contributed by atoms with Crippen molar-refractivity contribution in [2.45, 2.75) is 38.7 Å². The summed E-state index contributed by atoms with van der Waals surface area (Å²) in [6.07, 6.45) is 0. The maximum Gasteiger partial charge on any atom is 0.216 e. The summed E-state index contributed by atoms with van der Waals surface area (Å²) in [6.45, 7) is 4.92. The summed E-state index contributed by atoms with van der Waals surface area (Å²) < 4.78 is 26.6. The highest BCUT2D eigenvalue weighted by atomic mass is 32.2. The Morgan fingerprint density at radius 2 is 1.41 bits per heavy atom. The fourth-order valence-electron chi connectivity index (χ4n) is 2.56. The monoisotopic (exact) mass is 388 g/mol. The van der Waals surface area contributed by atoms with Gasteiger partial charge in [-0.05, 0) is 30.5 Å². The summed E-state index contributed by atoms with van der Waals surface area (Å²) in [4.78, 5) is 4.22. The average molecular weight is 389 g/mol. The largest absolute Gasteiger partial charge is 0.352 e. The van der Waals surface area contributed by atoms with Crippen LogP contribution in [0.4, 0.5) is 0 Å². The zero-order valence-electron chi connectivity index (χ0n) is 16.1. The molecule has 0 aliphatic heterocycles. The van der Waals surface area contributed by atoms with Gasteiger partial charge in [-0.3, -0.25) is 4.99 Å². The Bertz CT molecular complexity index is 832. The highest BCUT2D eigenvalue weighted by Gasteiger charge is 2.12. The van der Waals surface area contributed by atoms with E-state index in [1.165, 1.54) is 5.56 Å². The summed E-state index contributed by atoms with van der Waals surface area (Å²) in [7, 11) is -1.57. The first-order valence-corrected chi connectivity index (χ1v) is 10.6. The van der Waals surface area contributed by atoms with Crippen LogP contribution < -0.4 is 15.4 Å². The number of aliphatic imine (C=N–C) groups is 1. The maximum absolute atomic E-state index is 12.0. The van der Waals surface area contributed by atoms with E-state index in [1.807, 2.05) is 56.3 Å². The van der Waals surface area contributed by atoms with E-state index < -0.39 is 10.0 Å². The number of nitrogens with one attached hydrogen (secondary N) is 3. The van der Waals surface area contributed by atoms with Crippen molar-refractivity contribution in [2.75, 3.05) is 7.05 Å². The topological polar surface area (TPSA) is 82.6 Å². The van der Waals surface area contributed by atoms with Gasteiger partial charge in [0.25, 0.3) is 0 Å². The van der Waals surface area contributed by atoms with E-state index >= 15 is 0 Å². The highest BCUT2D eigenvalue weighted by molar-refractivity contribution is 7.88. The van der Waals surface area contributed by atoms with Gasteiger partial charge in [0.15, 0.2) is 5.96 Å². The van der Waals surface area contributed by atoms with Crippen molar-refractivity contribution in [3.05, 3.63) is 71.3 Å². The minimum atomic E-state index is -3.30. The van der Waals surface area contributed by atoms with Gasteiger partial charge in [0.1, 0.15) is 0 Å². The van der Waals surface area contributed by atoms with E-state index in [0.717, 1.165) is 11.1 Å². The van der Waals surface area contributed by atoms with Gasteiger partial charge in [-0.25, -0.2) is 13.1 Å². The van der Waals surface area contributed by atoms with Gasteiger partial charge < -0.3 is 10.6 Å². The quantitative estimate of drug-likeness (QED) is 0.479. The molecular weight excluding hydrogens is 360 g/mol. The van der Waals surface area contributed by atoms with E-state index in [-0.39, 0.29) is 11.8 Å². The van der Waals surface area contributed by atoms with Crippen LogP contribution in [0.15, 0.2) is 59.6 Å². The maximum atomic E-state index is 12.0. The molecular formula is C20H28N4O2S. The number of hydrogen-bond acceptors (Lipinski definition) is 3. The molecule has 0 saturated heterocycles. The van der Waals surface area contributed by atoms with Crippen LogP contribution in [0, 0.1) is 0 Å². The van der Waals surface area contributed by atoms with Crippen LogP contribution in [0.25, 0.3) is 0 Å². The lowest BCUT2D eigenvalue weighted by Gasteiger charge is -2.13. The van der Waals surface area contributed by atoms with Gasteiger partial charge in [0.2, 0.25) is 10.0 Å². The first-order valence-electron chi connectivity index (χ1n) is 8.94. The molecule has 0 fully saturated rings. The molecule has 0 spiro atoms. The lowest BCUT2D eigenvalue weighted by atomic mass is 10.1. The second-order valence-corrected chi connectivity index (χ2v) is 8.37. The Balaban J connectivity index is 1.84.